The number of nitrogens with zero attached hydrogens (tertiary/aromatic N) is 1. The van der Waals surface area contributed by atoms with Gasteiger partial charge in [0.1, 0.15) is 18.1 Å². The van der Waals surface area contributed by atoms with Gasteiger partial charge in [-0.25, -0.2) is 0 Å². The maximum atomic E-state index is 12.1. The first-order valence-electron chi connectivity index (χ1n) is 8.51. The highest BCUT2D eigenvalue weighted by molar-refractivity contribution is 6.30. The van der Waals surface area contributed by atoms with Gasteiger partial charge in [0.05, 0.1) is 13.0 Å². The minimum atomic E-state index is -0.945. The second kappa shape index (κ2) is 8.31. The highest BCUT2D eigenvalue weighted by Gasteiger charge is 2.34. The fourth-order valence-corrected chi connectivity index (χ4v) is 3.09. The number of carboxylic acids is 1. The van der Waals surface area contributed by atoms with E-state index in [0.29, 0.717) is 29.7 Å². The van der Waals surface area contributed by atoms with Crippen molar-refractivity contribution in [3.63, 3.8) is 0 Å². The van der Waals surface area contributed by atoms with Crippen LogP contribution in [0, 0.1) is 5.92 Å². The van der Waals surface area contributed by atoms with Crippen LogP contribution in [0.2, 0.25) is 5.02 Å². The molecule has 1 saturated heterocycles. The SMILES string of the molecule is COc1ccc(CN2CC(C(=O)O)CC2=O)c(OCc2ccc(Cl)cc2)c1. The first-order chi connectivity index (χ1) is 13.0. The molecule has 2 aromatic carbocycles. The molecule has 1 N–H and O–H groups in total. The molecule has 2 aromatic rings. The molecule has 1 aliphatic rings. The Hall–Kier alpha value is -2.73. The van der Waals surface area contributed by atoms with Crippen LogP contribution in [0.25, 0.3) is 0 Å². The van der Waals surface area contributed by atoms with Crippen LogP contribution in [0.1, 0.15) is 17.5 Å². The van der Waals surface area contributed by atoms with Gasteiger partial charge in [-0.15, -0.1) is 0 Å². The Labute approximate surface area is 162 Å². The fraction of sp³-hybridized carbons (Fsp3) is 0.300. The van der Waals surface area contributed by atoms with Gasteiger partial charge in [0, 0.05) is 36.2 Å². The number of hydrogen-bond acceptors (Lipinski definition) is 4. The zero-order chi connectivity index (χ0) is 19.4. The fourth-order valence-electron chi connectivity index (χ4n) is 2.96. The molecule has 7 heteroatoms. The van der Waals surface area contributed by atoms with Crippen molar-refractivity contribution in [3.8, 4) is 11.5 Å². The Morgan fingerprint density at radius 1 is 1.26 bits per heavy atom. The molecule has 0 aromatic heterocycles. The van der Waals surface area contributed by atoms with Crippen molar-refractivity contribution in [2.45, 2.75) is 19.6 Å². The summed E-state index contributed by atoms with van der Waals surface area (Å²) in [5.41, 5.74) is 1.75. The molecule has 0 spiro atoms. The monoisotopic (exact) mass is 389 g/mol. The zero-order valence-electron chi connectivity index (χ0n) is 14.9. The molecule has 0 bridgehead atoms. The summed E-state index contributed by atoms with van der Waals surface area (Å²) in [7, 11) is 1.57. The Bertz CT molecular complexity index is 837. The first kappa shape index (κ1) is 19.0. The number of carboxylic acid groups (broad SMARTS) is 1. The number of methoxy groups -OCH3 is 1. The third-order valence-corrected chi connectivity index (χ3v) is 4.76. The number of carbonyl (C=O) groups is 2. The molecule has 1 atom stereocenters. The molecular weight excluding hydrogens is 370 g/mol. The van der Waals surface area contributed by atoms with Crippen LogP contribution in [0.4, 0.5) is 0 Å². The topological polar surface area (TPSA) is 76.1 Å². The average molecular weight is 390 g/mol. The van der Waals surface area contributed by atoms with Crippen LogP contribution in [-0.4, -0.2) is 35.5 Å². The number of benzene rings is 2. The minimum absolute atomic E-state index is 0.0342. The van der Waals surface area contributed by atoms with Gasteiger partial charge in [-0.2, -0.15) is 0 Å². The molecule has 6 nitrogen and oxygen atoms in total. The highest BCUT2D eigenvalue weighted by Crippen LogP contribution is 2.29. The second-order valence-corrected chi connectivity index (χ2v) is 6.84. The largest absolute Gasteiger partial charge is 0.497 e. The van der Waals surface area contributed by atoms with Crippen molar-refractivity contribution >= 4 is 23.5 Å². The van der Waals surface area contributed by atoms with E-state index in [1.807, 2.05) is 18.2 Å². The van der Waals surface area contributed by atoms with Crippen molar-refractivity contribution in [2.24, 2.45) is 5.92 Å². The smallest absolute Gasteiger partial charge is 0.308 e. The third-order valence-electron chi connectivity index (χ3n) is 4.51. The van der Waals surface area contributed by atoms with Crippen LogP contribution in [0.5, 0.6) is 11.5 Å². The van der Waals surface area contributed by atoms with Crippen molar-refractivity contribution in [1.29, 1.82) is 0 Å². The molecule has 1 aliphatic heterocycles. The summed E-state index contributed by atoms with van der Waals surface area (Å²) in [5, 5.41) is 9.79. The molecule has 0 aliphatic carbocycles. The van der Waals surface area contributed by atoms with Gasteiger partial charge in [0.25, 0.3) is 0 Å². The number of hydrogen-bond donors (Lipinski definition) is 1. The lowest BCUT2D eigenvalue weighted by atomic mass is 10.1. The quantitative estimate of drug-likeness (QED) is 0.785. The predicted octanol–water partition coefficient (Wildman–Crippen LogP) is 3.36. The summed E-state index contributed by atoms with van der Waals surface area (Å²) in [6.45, 7) is 0.836. The molecular formula is C20H20ClNO5. The lowest BCUT2D eigenvalue weighted by Crippen LogP contribution is -2.26. The van der Waals surface area contributed by atoms with Gasteiger partial charge in [0.15, 0.2) is 0 Å². The van der Waals surface area contributed by atoms with Crippen molar-refractivity contribution in [1.82, 2.24) is 4.90 Å². The second-order valence-electron chi connectivity index (χ2n) is 6.40. The van der Waals surface area contributed by atoms with Crippen LogP contribution in [0.15, 0.2) is 42.5 Å². The molecule has 1 heterocycles. The Morgan fingerprint density at radius 2 is 2.00 bits per heavy atom. The molecule has 1 fully saturated rings. The lowest BCUT2D eigenvalue weighted by Gasteiger charge is -2.19. The van der Waals surface area contributed by atoms with E-state index in [9.17, 15) is 9.59 Å². The van der Waals surface area contributed by atoms with E-state index in [1.54, 1.807) is 36.3 Å². The van der Waals surface area contributed by atoms with Crippen LogP contribution >= 0.6 is 11.6 Å². The number of amides is 1. The number of likely N-dealkylation sites (tertiary alicyclic amines) is 1. The minimum Gasteiger partial charge on any atom is -0.497 e. The summed E-state index contributed by atoms with van der Waals surface area (Å²) in [6, 6.07) is 12.7. The van der Waals surface area contributed by atoms with Crippen LogP contribution in [0.3, 0.4) is 0 Å². The summed E-state index contributed by atoms with van der Waals surface area (Å²) >= 11 is 5.90. The van der Waals surface area contributed by atoms with E-state index >= 15 is 0 Å². The maximum Gasteiger partial charge on any atom is 0.308 e. The number of ether oxygens (including phenoxy) is 2. The van der Waals surface area contributed by atoms with Gasteiger partial charge < -0.3 is 19.5 Å². The molecule has 0 radical (unpaired) electrons. The van der Waals surface area contributed by atoms with Gasteiger partial charge in [0.2, 0.25) is 5.91 Å². The maximum absolute atomic E-state index is 12.1. The number of rotatable bonds is 7. The normalized spacial score (nSPS) is 16.4. The van der Waals surface area contributed by atoms with Gasteiger partial charge in [-0.3, -0.25) is 9.59 Å². The molecule has 1 unspecified atom stereocenters. The Morgan fingerprint density at radius 3 is 2.63 bits per heavy atom. The van der Waals surface area contributed by atoms with Crippen molar-refractivity contribution in [2.75, 3.05) is 13.7 Å². The summed E-state index contributed by atoms with van der Waals surface area (Å²) in [4.78, 5) is 24.8. The average Bonchev–Trinajstić information content (AvgIpc) is 3.03. The summed E-state index contributed by atoms with van der Waals surface area (Å²) in [6.07, 6.45) is 0.0342. The zero-order valence-corrected chi connectivity index (χ0v) is 15.6. The van der Waals surface area contributed by atoms with E-state index in [-0.39, 0.29) is 18.9 Å². The number of aliphatic carboxylic acids is 1. The highest BCUT2D eigenvalue weighted by atomic mass is 35.5. The molecule has 3 rings (SSSR count). The van der Waals surface area contributed by atoms with Crippen LogP contribution in [-0.2, 0) is 22.7 Å². The Balaban J connectivity index is 1.75. The van der Waals surface area contributed by atoms with E-state index in [4.69, 9.17) is 26.2 Å². The Kier molecular flexibility index (Phi) is 5.86. The first-order valence-corrected chi connectivity index (χ1v) is 8.89. The van der Waals surface area contributed by atoms with E-state index in [1.165, 1.54) is 0 Å². The van der Waals surface area contributed by atoms with Crippen molar-refractivity contribution < 1.29 is 24.2 Å². The van der Waals surface area contributed by atoms with E-state index < -0.39 is 11.9 Å². The third kappa shape index (κ3) is 4.71. The molecule has 0 saturated carbocycles. The van der Waals surface area contributed by atoms with Crippen LogP contribution < -0.4 is 9.47 Å². The van der Waals surface area contributed by atoms with E-state index in [2.05, 4.69) is 0 Å². The molecule has 1 amide bonds. The standard InChI is InChI=1S/C20H20ClNO5/c1-26-17-7-4-14(10-22-11-15(20(24)25)8-19(22)23)18(9-17)27-12-13-2-5-16(21)6-3-13/h2-7,9,15H,8,10-12H2,1H3,(H,24,25). The van der Waals surface area contributed by atoms with Gasteiger partial charge >= 0.3 is 5.97 Å². The van der Waals surface area contributed by atoms with Crippen molar-refractivity contribution in [3.05, 3.63) is 58.6 Å². The lowest BCUT2D eigenvalue weighted by molar-refractivity contribution is -0.141. The number of carbonyl (C=O) groups excluding carboxylic acids is 1. The van der Waals surface area contributed by atoms with Gasteiger partial charge in [-0.1, -0.05) is 23.7 Å². The summed E-state index contributed by atoms with van der Waals surface area (Å²) in [5.74, 6) is -0.535. The predicted molar refractivity (Wildman–Crippen MR) is 99.9 cm³/mol. The van der Waals surface area contributed by atoms with E-state index in [0.717, 1.165) is 11.1 Å². The molecule has 142 valence electrons. The number of halogens is 1. The van der Waals surface area contributed by atoms with Gasteiger partial charge in [-0.05, 0) is 29.8 Å². The molecule has 27 heavy (non-hydrogen) atoms. The summed E-state index contributed by atoms with van der Waals surface area (Å²) < 4.78 is 11.2.